The molecule has 0 aromatic rings. The van der Waals surface area contributed by atoms with Crippen LogP contribution in [0.3, 0.4) is 0 Å². The minimum absolute atomic E-state index is 1.09. The van der Waals surface area contributed by atoms with E-state index in [4.69, 9.17) is 0 Å². The normalized spacial score (nSPS) is 11.4. The van der Waals surface area contributed by atoms with Crippen LogP contribution in [0.25, 0.3) is 0 Å². The van der Waals surface area contributed by atoms with Gasteiger partial charge in [0.1, 0.15) is 0 Å². The Kier molecular flexibility index (Phi) is 3.50. The third-order valence-corrected chi connectivity index (χ3v) is 1.54. The van der Waals surface area contributed by atoms with E-state index in [9.17, 15) is 0 Å². The maximum atomic E-state index is 3.03. The SMILES string of the molecule is CNC=C([SiH3])NC. The van der Waals surface area contributed by atoms with Crippen LogP contribution in [0, 0.1) is 0 Å². The average Bonchev–Trinajstić information content (AvgIpc) is 1.68. The first-order valence-corrected chi connectivity index (χ1v) is 3.33. The molecule has 0 radical (unpaired) electrons. The van der Waals surface area contributed by atoms with Gasteiger partial charge in [-0.15, -0.1) is 0 Å². The summed E-state index contributed by atoms with van der Waals surface area (Å²) in [5.41, 5.74) is 0. The van der Waals surface area contributed by atoms with Gasteiger partial charge in [-0.1, -0.05) is 0 Å². The van der Waals surface area contributed by atoms with Gasteiger partial charge in [0.2, 0.25) is 0 Å². The van der Waals surface area contributed by atoms with Crippen LogP contribution in [-0.4, -0.2) is 24.3 Å². The summed E-state index contributed by atoms with van der Waals surface area (Å²) < 4.78 is 0. The largest absolute Gasteiger partial charge is 0.395 e. The van der Waals surface area contributed by atoms with Crippen LogP contribution in [-0.2, 0) is 0 Å². The Morgan fingerprint density at radius 3 is 2.29 bits per heavy atom. The van der Waals surface area contributed by atoms with Crippen LogP contribution in [0.15, 0.2) is 11.5 Å². The molecular weight excluding hydrogens is 104 g/mol. The molecule has 0 aromatic heterocycles. The Morgan fingerprint density at radius 1 is 1.57 bits per heavy atom. The quantitative estimate of drug-likeness (QED) is 0.433. The number of nitrogens with one attached hydrogen (secondary N) is 2. The molecule has 0 bridgehead atoms. The van der Waals surface area contributed by atoms with E-state index in [1.807, 2.05) is 20.3 Å². The number of hydrogen-bond acceptors (Lipinski definition) is 2. The second-order valence-electron chi connectivity index (χ2n) is 1.37. The van der Waals surface area contributed by atoms with Gasteiger partial charge >= 0.3 is 0 Å². The van der Waals surface area contributed by atoms with Gasteiger partial charge in [0, 0.05) is 20.3 Å². The van der Waals surface area contributed by atoms with Crippen molar-refractivity contribution in [3.05, 3.63) is 11.5 Å². The molecule has 2 nitrogen and oxygen atoms in total. The van der Waals surface area contributed by atoms with E-state index in [2.05, 4.69) is 10.6 Å². The van der Waals surface area contributed by atoms with Crippen LogP contribution < -0.4 is 10.6 Å². The molecule has 0 fully saturated rings. The molecule has 0 spiro atoms. The van der Waals surface area contributed by atoms with E-state index in [1.165, 1.54) is 5.32 Å². The Labute approximate surface area is 47.4 Å². The molecule has 0 aliphatic carbocycles. The minimum atomic E-state index is 1.09. The first-order valence-electron chi connectivity index (χ1n) is 2.33. The van der Waals surface area contributed by atoms with Gasteiger partial charge in [0.15, 0.2) is 0 Å². The summed E-state index contributed by atoms with van der Waals surface area (Å²) >= 11 is 0. The molecule has 0 atom stereocenters. The van der Waals surface area contributed by atoms with E-state index >= 15 is 0 Å². The zero-order valence-electron chi connectivity index (χ0n) is 5.08. The topological polar surface area (TPSA) is 24.1 Å². The van der Waals surface area contributed by atoms with Gasteiger partial charge in [-0.2, -0.15) is 0 Å². The Morgan fingerprint density at radius 2 is 2.14 bits per heavy atom. The first-order chi connectivity index (χ1) is 3.31. The predicted molar refractivity (Wildman–Crippen MR) is 36.1 cm³/mol. The van der Waals surface area contributed by atoms with Crippen molar-refractivity contribution < 1.29 is 0 Å². The molecule has 0 amide bonds. The van der Waals surface area contributed by atoms with Gasteiger partial charge in [0.25, 0.3) is 0 Å². The molecule has 7 heavy (non-hydrogen) atoms. The molecule has 3 heteroatoms. The molecule has 42 valence electrons. The molecule has 0 aliphatic rings. The summed E-state index contributed by atoms with van der Waals surface area (Å²) in [6.45, 7) is 0. The molecule has 0 saturated heterocycles. The maximum absolute atomic E-state index is 3.03. The van der Waals surface area contributed by atoms with Crippen molar-refractivity contribution in [2.75, 3.05) is 14.1 Å². The minimum Gasteiger partial charge on any atom is -0.395 e. The van der Waals surface area contributed by atoms with Crippen LogP contribution >= 0.6 is 0 Å². The second kappa shape index (κ2) is 3.74. The standard InChI is InChI=1S/C4H12N2Si/c1-5-3-4(7)6-2/h3,5-6H,1-2,7H3. The fraction of sp³-hybridized carbons (Fsp3) is 0.500. The maximum Gasteiger partial charge on any atom is 0.0607 e. The Balaban J connectivity index is 3.29. The molecule has 0 heterocycles. The van der Waals surface area contributed by atoms with Crippen LogP contribution in [0.2, 0.25) is 0 Å². The summed E-state index contributed by atoms with van der Waals surface area (Å²) in [6, 6.07) is 0. The summed E-state index contributed by atoms with van der Waals surface area (Å²) in [6.07, 6.45) is 1.96. The van der Waals surface area contributed by atoms with Crippen LogP contribution in [0.5, 0.6) is 0 Å². The molecular formula is C4H12N2Si. The van der Waals surface area contributed by atoms with Gasteiger partial charge < -0.3 is 10.6 Å². The van der Waals surface area contributed by atoms with E-state index in [0.29, 0.717) is 0 Å². The van der Waals surface area contributed by atoms with E-state index in [1.54, 1.807) is 0 Å². The zero-order valence-corrected chi connectivity index (χ0v) is 7.08. The first kappa shape index (κ1) is 6.56. The Hall–Kier alpha value is -0.443. The summed E-state index contributed by atoms with van der Waals surface area (Å²) in [5.74, 6) is 0. The lowest BCUT2D eigenvalue weighted by molar-refractivity contribution is 1.01. The zero-order chi connectivity index (χ0) is 5.70. The highest BCUT2D eigenvalue weighted by Crippen LogP contribution is 1.68. The summed E-state index contributed by atoms with van der Waals surface area (Å²) in [4.78, 5) is 0. The lowest BCUT2D eigenvalue weighted by atomic mass is 10.8. The highest BCUT2D eigenvalue weighted by molar-refractivity contribution is 6.21. The van der Waals surface area contributed by atoms with Gasteiger partial charge in [-0.05, 0) is 5.32 Å². The van der Waals surface area contributed by atoms with E-state index in [-0.39, 0.29) is 0 Å². The van der Waals surface area contributed by atoms with Crippen molar-refractivity contribution in [1.82, 2.24) is 10.6 Å². The summed E-state index contributed by atoms with van der Waals surface area (Å²) in [5, 5.41) is 7.23. The van der Waals surface area contributed by atoms with Crippen LogP contribution in [0.4, 0.5) is 0 Å². The lowest BCUT2D eigenvalue weighted by Crippen LogP contribution is -2.09. The fourth-order valence-electron chi connectivity index (χ4n) is 0.289. The monoisotopic (exact) mass is 116 g/mol. The molecule has 0 aromatic carbocycles. The summed E-state index contributed by atoms with van der Waals surface area (Å²) in [7, 11) is 4.91. The lowest BCUT2D eigenvalue weighted by Gasteiger charge is -1.95. The second-order valence-corrected chi connectivity index (χ2v) is 2.44. The van der Waals surface area contributed by atoms with Crippen molar-refractivity contribution >= 4 is 10.2 Å². The molecule has 0 rings (SSSR count). The van der Waals surface area contributed by atoms with Crippen molar-refractivity contribution in [2.24, 2.45) is 0 Å². The number of hydrogen-bond donors (Lipinski definition) is 2. The Bertz CT molecular complexity index is 70.1. The third-order valence-electron chi connectivity index (χ3n) is 0.755. The van der Waals surface area contributed by atoms with E-state index < -0.39 is 0 Å². The highest BCUT2D eigenvalue weighted by atomic mass is 28.1. The van der Waals surface area contributed by atoms with Crippen molar-refractivity contribution in [3.63, 3.8) is 0 Å². The molecule has 0 unspecified atom stereocenters. The molecule has 0 saturated carbocycles. The smallest absolute Gasteiger partial charge is 0.0607 e. The average molecular weight is 116 g/mol. The molecule has 2 N–H and O–H groups in total. The third kappa shape index (κ3) is 3.39. The van der Waals surface area contributed by atoms with Crippen LogP contribution in [0.1, 0.15) is 0 Å². The van der Waals surface area contributed by atoms with Crippen molar-refractivity contribution in [1.29, 1.82) is 0 Å². The van der Waals surface area contributed by atoms with Gasteiger partial charge in [-0.3, -0.25) is 0 Å². The van der Waals surface area contributed by atoms with E-state index in [0.717, 1.165) is 10.2 Å². The molecule has 0 aliphatic heterocycles. The highest BCUT2D eigenvalue weighted by Gasteiger charge is 1.73. The van der Waals surface area contributed by atoms with Crippen molar-refractivity contribution in [3.8, 4) is 0 Å². The van der Waals surface area contributed by atoms with Crippen molar-refractivity contribution in [2.45, 2.75) is 0 Å². The van der Waals surface area contributed by atoms with Gasteiger partial charge in [-0.25, -0.2) is 0 Å². The fourth-order valence-corrected chi connectivity index (χ4v) is 0.577. The van der Waals surface area contributed by atoms with Gasteiger partial charge in [0.05, 0.1) is 10.2 Å². The number of rotatable bonds is 2. The predicted octanol–water partition coefficient (Wildman–Crippen LogP) is -1.41.